The van der Waals surface area contributed by atoms with E-state index >= 15 is 0 Å². The zero-order chi connectivity index (χ0) is 23.2. The first-order valence-corrected chi connectivity index (χ1v) is 11.2. The Hall–Kier alpha value is -3.18. The molecule has 0 radical (unpaired) electrons. The molecule has 178 valence electrons. The number of aromatic nitrogens is 3. The van der Waals surface area contributed by atoms with Gasteiger partial charge in [0.1, 0.15) is 5.75 Å². The van der Waals surface area contributed by atoms with Gasteiger partial charge in [-0.3, -0.25) is 4.79 Å². The third-order valence-corrected chi connectivity index (χ3v) is 5.46. The predicted octanol–water partition coefficient (Wildman–Crippen LogP) is 1.89. The van der Waals surface area contributed by atoms with Gasteiger partial charge in [0.25, 0.3) is 0 Å². The third kappa shape index (κ3) is 5.79. The Bertz CT molecular complexity index is 924. The van der Waals surface area contributed by atoms with Crippen molar-refractivity contribution in [2.75, 3.05) is 80.1 Å². The van der Waals surface area contributed by atoms with E-state index in [-0.39, 0.29) is 11.8 Å². The van der Waals surface area contributed by atoms with Crippen LogP contribution in [0.15, 0.2) is 18.2 Å². The molecule has 4 rings (SSSR count). The van der Waals surface area contributed by atoms with E-state index in [1.807, 2.05) is 26.0 Å². The Kier molecular flexibility index (Phi) is 7.40. The van der Waals surface area contributed by atoms with Crippen LogP contribution < -0.4 is 25.2 Å². The Labute approximate surface area is 193 Å². The molecule has 1 aromatic carbocycles. The molecular weight excluding hydrogens is 426 g/mol. The molecule has 0 unspecified atom stereocenters. The molecule has 11 nitrogen and oxygen atoms in total. The van der Waals surface area contributed by atoms with E-state index in [4.69, 9.17) is 19.2 Å². The van der Waals surface area contributed by atoms with Crippen molar-refractivity contribution >= 4 is 35.1 Å². The van der Waals surface area contributed by atoms with Crippen LogP contribution in [0.25, 0.3) is 0 Å². The number of carbonyl (C=O) groups is 1. The highest BCUT2D eigenvalue weighted by Gasteiger charge is 2.21. The quantitative estimate of drug-likeness (QED) is 0.639. The number of ether oxygens (including phenoxy) is 3. The van der Waals surface area contributed by atoms with Crippen LogP contribution in [0.3, 0.4) is 0 Å². The van der Waals surface area contributed by atoms with E-state index in [1.165, 1.54) is 0 Å². The third-order valence-electron chi connectivity index (χ3n) is 5.46. The molecular formula is C22H31N7O4. The van der Waals surface area contributed by atoms with Gasteiger partial charge in [0.15, 0.2) is 0 Å². The summed E-state index contributed by atoms with van der Waals surface area (Å²) in [6.07, 6.45) is 0. The first-order valence-electron chi connectivity index (χ1n) is 11.2. The molecule has 2 N–H and O–H groups in total. The molecule has 0 spiro atoms. The van der Waals surface area contributed by atoms with Crippen LogP contribution >= 0.6 is 0 Å². The van der Waals surface area contributed by atoms with Crippen molar-refractivity contribution in [2.45, 2.75) is 13.8 Å². The Balaban J connectivity index is 1.66. The average Bonchev–Trinajstić information content (AvgIpc) is 2.86. The standard InChI is InChI=1S/C22H31N7O4/c1-15(2)19(30)23-18-14-16(31-3)4-5-17(18)24-20-25-21(28-6-10-32-11-7-28)27-22(26-20)29-8-12-33-13-9-29/h4-5,14-15H,6-13H2,1-3H3,(H,23,30)(H,24,25,26,27). The highest BCUT2D eigenvalue weighted by atomic mass is 16.5. The summed E-state index contributed by atoms with van der Waals surface area (Å²) in [6.45, 7) is 9.06. The van der Waals surface area contributed by atoms with E-state index in [9.17, 15) is 4.79 Å². The Morgan fingerprint density at radius 3 is 2.03 bits per heavy atom. The van der Waals surface area contributed by atoms with Gasteiger partial charge in [-0.05, 0) is 12.1 Å². The number of nitrogens with one attached hydrogen (secondary N) is 2. The highest BCUT2D eigenvalue weighted by Crippen LogP contribution is 2.30. The second-order valence-corrected chi connectivity index (χ2v) is 8.14. The number of rotatable bonds is 7. The number of hydrogen-bond acceptors (Lipinski definition) is 10. The maximum atomic E-state index is 12.4. The molecule has 0 atom stereocenters. The predicted molar refractivity (Wildman–Crippen MR) is 126 cm³/mol. The summed E-state index contributed by atoms with van der Waals surface area (Å²) in [5.74, 6) is 1.97. The minimum atomic E-state index is -0.165. The Morgan fingerprint density at radius 2 is 1.52 bits per heavy atom. The SMILES string of the molecule is COc1ccc(Nc2nc(N3CCOCC3)nc(N3CCOCC3)n2)c(NC(=O)C(C)C)c1. The first-order chi connectivity index (χ1) is 16.0. The van der Waals surface area contributed by atoms with Crippen molar-refractivity contribution in [3.05, 3.63) is 18.2 Å². The summed E-state index contributed by atoms with van der Waals surface area (Å²) in [7, 11) is 1.59. The van der Waals surface area contributed by atoms with Gasteiger partial charge in [-0.2, -0.15) is 15.0 Å². The Morgan fingerprint density at radius 1 is 0.939 bits per heavy atom. The van der Waals surface area contributed by atoms with Gasteiger partial charge in [-0.15, -0.1) is 0 Å². The minimum Gasteiger partial charge on any atom is -0.497 e. The molecule has 2 aliphatic heterocycles. The second-order valence-electron chi connectivity index (χ2n) is 8.14. The first kappa shape index (κ1) is 23.0. The van der Waals surface area contributed by atoms with Gasteiger partial charge < -0.3 is 34.6 Å². The summed E-state index contributed by atoms with van der Waals surface area (Å²) in [5, 5.41) is 6.23. The number of amides is 1. The maximum absolute atomic E-state index is 12.4. The van der Waals surface area contributed by atoms with Crippen molar-refractivity contribution in [3.63, 3.8) is 0 Å². The summed E-state index contributed by atoms with van der Waals surface area (Å²) < 4.78 is 16.3. The smallest absolute Gasteiger partial charge is 0.233 e. The van der Waals surface area contributed by atoms with Crippen molar-refractivity contribution < 1.29 is 19.0 Å². The molecule has 1 amide bonds. The molecule has 0 aliphatic carbocycles. The fourth-order valence-electron chi connectivity index (χ4n) is 3.48. The lowest BCUT2D eigenvalue weighted by Gasteiger charge is -2.30. The van der Waals surface area contributed by atoms with Gasteiger partial charge in [0.05, 0.1) is 44.9 Å². The van der Waals surface area contributed by atoms with Gasteiger partial charge in [0.2, 0.25) is 23.8 Å². The number of nitrogens with zero attached hydrogens (tertiary/aromatic N) is 5. The van der Waals surface area contributed by atoms with Gasteiger partial charge in [0, 0.05) is 38.2 Å². The molecule has 2 aromatic rings. The van der Waals surface area contributed by atoms with E-state index in [0.717, 1.165) is 0 Å². The number of morpholine rings is 2. The van der Waals surface area contributed by atoms with Crippen LogP contribution in [0.5, 0.6) is 5.75 Å². The highest BCUT2D eigenvalue weighted by molar-refractivity contribution is 5.96. The van der Waals surface area contributed by atoms with Crippen LogP contribution in [0.4, 0.5) is 29.2 Å². The van der Waals surface area contributed by atoms with Crippen LogP contribution in [0.1, 0.15) is 13.8 Å². The average molecular weight is 458 g/mol. The number of anilines is 5. The molecule has 2 fully saturated rings. The summed E-state index contributed by atoms with van der Waals surface area (Å²) in [6, 6.07) is 5.43. The minimum absolute atomic E-state index is 0.0926. The van der Waals surface area contributed by atoms with Gasteiger partial charge in [-0.25, -0.2) is 0 Å². The molecule has 0 bridgehead atoms. The lowest BCUT2D eigenvalue weighted by atomic mass is 10.2. The lowest BCUT2D eigenvalue weighted by molar-refractivity contribution is -0.118. The number of methoxy groups -OCH3 is 1. The molecule has 2 saturated heterocycles. The molecule has 3 heterocycles. The van der Waals surface area contributed by atoms with Crippen molar-refractivity contribution in [1.82, 2.24) is 15.0 Å². The summed E-state index contributed by atoms with van der Waals surface area (Å²) in [5.41, 5.74) is 1.26. The summed E-state index contributed by atoms with van der Waals surface area (Å²) in [4.78, 5) is 30.7. The topological polar surface area (TPSA) is 114 Å². The molecule has 33 heavy (non-hydrogen) atoms. The number of hydrogen-bond donors (Lipinski definition) is 2. The van der Waals surface area contributed by atoms with E-state index in [0.29, 0.717) is 87.6 Å². The normalized spacial score (nSPS) is 16.6. The van der Waals surface area contributed by atoms with E-state index in [1.54, 1.807) is 13.2 Å². The monoisotopic (exact) mass is 457 g/mol. The van der Waals surface area contributed by atoms with Crippen LogP contribution in [-0.2, 0) is 14.3 Å². The fourth-order valence-corrected chi connectivity index (χ4v) is 3.48. The van der Waals surface area contributed by atoms with Gasteiger partial charge >= 0.3 is 0 Å². The maximum Gasteiger partial charge on any atom is 0.233 e. The number of benzene rings is 1. The molecule has 2 aliphatic rings. The molecule has 1 aromatic heterocycles. The van der Waals surface area contributed by atoms with E-state index in [2.05, 4.69) is 30.4 Å². The van der Waals surface area contributed by atoms with Crippen molar-refractivity contribution in [2.24, 2.45) is 5.92 Å². The molecule has 0 saturated carbocycles. The van der Waals surface area contributed by atoms with Crippen LogP contribution in [0, 0.1) is 5.92 Å². The second kappa shape index (κ2) is 10.6. The van der Waals surface area contributed by atoms with Crippen LogP contribution in [-0.4, -0.2) is 80.6 Å². The van der Waals surface area contributed by atoms with Crippen molar-refractivity contribution in [3.8, 4) is 5.75 Å². The van der Waals surface area contributed by atoms with Gasteiger partial charge in [-0.1, -0.05) is 13.8 Å². The summed E-state index contributed by atoms with van der Waals surface area (Å²) >= 11 is 0. The van der Waals surface area contributed by atoms with E-state index < -0.39 is 0 Å². The number of carbonyl (C=O) groups excluding carboxylic acids is 1. The zero-order valence-corrected chi connectivity index (χ0v) is 19.3. The molecule has 11 heteroatoms. The lowest BCUT2D eigenvalue weighted by Crippen LogP contribution is -2.40. The largest absolute Gasteiger partial charge is 0.497 e. The fraction of sp³-hybridized carbons (Fsp3) is 0.545. The van der Waals surface area contributed by atoms with Crippen molar-refractivity contribution in [1.29, 1.82) is 0 Å². The zero-order valence-electron chi connectivity index (χ0n) is 19.3. The van der Waals surface area contributed by atoms with Crippen LogP contribution in [0.2, 0.25) is 0 Å².